The maximum atomic E-state index is 11.2. The molecule has 0 bridgehead atoms. The van der Waals surface area contributed by atoms with Gasteiger partial charge < -0.3 is 14.6 Å². The van der Waals surface area contributed by atoms with E-state index in [1.54, 1.807) is 37.3 Å². The highest BCUT2D eigenvalue weighted by Crippen LogP contribution is 2.25. The second kappa shape index (κ2) is 6.61. The van der Waals surface area contributed by atoms with Crippen LogP contribution in [0.3, 0.4) is 0 Å². The quantitative estimate of drug-likeness (QED) is 0.850. The van der Waals surface area contributed by atoms with Gasteiger partial charge >= 0.3 is 5.97 Å². The highest BCUT2D eigenvalue weighted by atomic mass is 16.6. The molecular weight excluding hydrogens is 256 g/mol. The van der Waals surface area contributed by atoms with Crippen molar-refractivity contribution in [3.8, 4) is 22.6 Å². The molecule has 0 aliphatic carbocycles. The number of carbonyl (C=O) groups is 1. The number of phenols is 1. The summed E-state index contributed by atoms with van der Waals surface area (Å²) in [6, 6.07) is 14.3. The first kappa shape index (κ1) is 13.9. The van der Waals surface area contributed by atoms with Crippen LogP contribution in [0.25, 0.3) is 11.1 Å². The van der Waals surface area contributed by atoms with Crippen LogP contribution in [0.4, 0.5) is 0 Å². The second-order valence-corrected chi connectivity index (χ2v) is 4.17. The van der Waals surface area contributed by atoms with Crippen molar-refractivity contribution in [2.24, 2.45) is 0 Å². The van der Waals surface area contributed by atoms with Crippen molar-refractivity contribution in [1.82, 2.24) is 0 Å². The van der Waals surface area contributed by atoms with Crippen LogP contribution in [0.15, 0.2) is 48.5 Å². The Morgan fingerprint density at radius 2 is 1.85 bits per heavy atom. The monoisotopic (exact) mass is 272 g/mol. The van der Waals surface area contributed by atoms with Crippen molar-refractivity contribution >= 4 is 5.97 Å². The van der Waals surface area contributed by atoms with Crippen molar-refractivity contribution in [3.63, 3.8) is 0 Å². The zero-order chi connectivity index (χ0) is 14.4. The van der Waals surface area contributed by atoms with E-state index in [0.717, 1.165) is 11.1 Å². The highest BCUT2D eigenvalue weighted by Gasteiger charge is 2.04. The Balaban J connectivity index is 2.01. The predicted molar refractivity (Wildman–Crippen MR) is 75.7 cm³/mol. The predicted octanol–water partition coefficient (Wildman–Crippen LogP) is 3.00. The molecule has 4 heteroatoms. The molecule has 0 unspecified atom stereocenters. The molecule has 0 saturated heterocycles. The zero-order valence-corrected chi connectivity index (χ0v) is 11.2. The Morgan fingerprint density at radius 3 is 2.50 bits per heavy atom. The highest BCUT2D eigenvalue weighted by molar-refractivity contribution is 5.71. The fourth-order valence-corrected chi connectivity index (χ4v) is 1.77. The second-order valence-electron chi connectivity index (χ2n) is 4.17. The maximum Gasteiger partial charge on any atom is 0.344 e. The first-order valence-electron chi connectivity index (χ1n) is 6.37. The molecule has 0 heterocycles. The lowest BCUT2D eigenvalue weighted by Crippen LogP contribution is -2.14. The summed E-state index contributed by atoms with van der Waals surface area (Å²) in [6.07, 6.45) is 0. The number of aromatic hydroxyl groups is 1. The minimum Gasteiger partial charge on any atom is -0.508 e. The molecule has 2 aromatic rings. The van der Waals surface area contributed by atoms with Gasteiger partial charge in [0.1, 0.15) is 11.5 Å². The van der Waals surface area contributed by atoms with Crippen LogP contribution < -0.4 is 4.74 Å². The summed E-state index contributed by atoms with van der Waals surface area (Å²) >= 11 is 0. The van der Waals surface area contributed by atoms with E-state index in [2.05, 4.69) is 0 Å². The Hall–Kier alpha value is -2.49. The Morgan fingerprint density at radius 1 is 1.10 bits per heavy atom. The fourth-order valence-electron chi connectivity index (χ4n) is 1.77. The summed E-state index contributed by atoms with van der Waals surface area (Å²) in [4.78, 5) is 11.2. The molecule has 2 rings (SSSR count). The Bertz CT molecular complexity index is 575. The van der Waals surface area contributed by atoms with Gasteiger partial charge in [-0.1, -0.05) is 24.3 Å². The van der Waals surface area contributed by atoms with Crippen LogP contribution in [0.2, 0.25) is 0 Å². The molecule has 0 aliphatic rings. The van der Waals surface area contributed by atoms with Gasteiger partial charge in [0.25, 0.3) is 0 Å². The number of hydrogen-bond acceptors (Lipinski definition) is 4. The zero-order valence-electron chi connectivity index (χ0n) is 11.2. The third-order valence-corrected chi connectivity index (χ3v) is 2.70. The molecule has 0 atom stereocenters. The third kappa shape index (κ3) is 3.75. The van der Waals surface area contributed by atoms with Crippen LogP contribution in [0.1, 0.15) is 6.92 Å². The van der Waals surface area contributed by atoms with Crippen molar-refractivity contribution in [3.05, 3.63) is 48.5 Å². The molecule has 0 aromatic heterocycles. The lowest BCUT2D eigenvalue weighted by atomic mass is 10.1. The normalized spacial score (nSPS) is 10.1. The molecule has 2 aromatic carbocycles. The van der Waals surface area contributed by atoms with Gasteiger partial charge in [0.2, 0.25) is 0 Å². The van der Waals surface area contributed by atoms with Gasteiger partial charge in [-0.15, -0.1) is 0 Å². The van der Waals surface area contributed by atoms with E-state index in [4.69, 9.17) is 9.47 Å². The van der Waals surface area contributed by atoms with Gasteiger partial charge in [-0.25, -0.2) is 4.79 Å². The summed E-state index contributed by atoms with van der Waals surface area (Å²) < 4.78 is 10.1. The van der Waals surface area contributed by atoms with Gasteiger partial charge in [-0.3, -0.25) is 0 Å². The van der Waals surface area contributed by atoms with Crippen LogP contribution in [-0.4, -0.2) is 24.3 Å². The van der Waals surface area contributed by atoms with Crippen LogP contribution >= 0.6 is 0 Å². The smallest absolute Gasteiger partial charge is 0.344 e. The summed E-state index contributed by atoms with van der Waals surface area (Å²) in [7, 11) is 0. The molecule has 0 saturated carbocycles. The number of hydrogen-bond donors (Lipinski definition) is 1. The summed E-state index contributed by atoms with van der Waals surface area (Å²) in [6.45, 7) is 2.00. The summed E-state index contributed by atoms with van der Waals surface area (Å²) in [5.74, 6) is 0.441. The molecule has 0 amide bonds. The largest absolute Gasteiger partial charge is 0.508 e. The standard InChI is InChI=1S/C16H16O4/c1-2-19-16(18)11-20-15-8-6-12(7-9-15)13-4-3-5-14(17)10-13/h3-10,17H,2,11H2,1H3. The third-order valence-electron chi connectivity index (χ3n) is 2.70. The van der Waals surface area contributed by atoms with E-state index in [9.17, 15) is 9.90 Å². The van der Waals surface area contributed by atoms with E-state index in [-0.39, 0.29) is 18.3 Å². The Labute approximate surface area is 117 Å². The van der Waals surface area contributed by atoms with Crippen molar-refractivity contribution in [2.75, 3.05) is 13.2 Å². The van der Waals surface area contributed by atoms with E-state index in [1.165, 1.54) is 0 Å². The van der Waals surface area contributed by atoms with E-state index >= 15 is 0 Å². The SMILES string of the molecule is CCOC(=O)COc1ccc(-c2cccc(O)c2)cc1. The molecule has 0 fully saturated rings. The van der Waals surface area contributed by atoms with Crippen molar-refractivity contribution < 1.29 is 19.4 Å². The lowest BCUT2D eigenvalue weighted by Gasteiger charge is -2.07. The average molecular weight is 272 g/mol. The number of ether oxygens (including phenoxy) is 2. The number of esters is 1. The number of phenolic OH excluding ortho intramolecular Hbond substituents is 1. The number of benzene rings is 2. The van der Waals surface area contributed by atoms with Crippen LogP contribution in [-0.2, 0) is 9.53 Å². The average Bonchev–Trinajstić information content (AvgIpc) is 2.46. The minimum absolute atomic E-state index is 0.0979. The fraction of sp³-hybridized carbons (Fsp3) is 0.188. The molecular formula is C16H16O4. The van der Waals surface area contributed by atoms with Crippen molar-refractivity contribution in [2.45, 2.75) is 6.92 Å². The van der Waals surface area contributed by atoms with Gasteiger partial charge in [-0.2, -0.15) is 0 Å². The topological polar surface area (TPSA) is 55.8 Å². The van der Waals surface area contributed by atoms with Crippen LogP contribution in [0, 0.1) is 0 Å². The molecule has 0 radical (unpaired) electrons. The van der Waals surface area contributed by atoms with Crippen LogP contribution in [0.5, 0.6) is 11.5 Å². The molecule has 1 N–H and O–H groups in total. The molecule has 20 heavy (non-hydrogen) atoms. The van der Waals surface area contributed by atoms with Gasteiger partial charge in [0.05, 0.1) is 6.61 Å². The minimum atomic E-state index is -0.385. The molecule has 0 aliphatic heterocycles. The van der Waals surface area contributed by atoms with Gasteiger partial charge in [0, 0.05) is 0 Å². The molecule has 0 spiro atoms. The van der Waals surface area contributed by atoms with E-state index in [0.29, 0.717) is 12.4 Å². The van der Waals surface area contributed by atoms with E-state index in [1.807, 2.05) is 18.2 Å². The summed E-state index contributed by atoms with van der Waals surface area (Å²) in [5.41, 5.74) is 1.88. The lowest BCUT2D eigenvalue weighted by molar-refractivity contribution is -0.145. The van der Waals surface area contributed by atoms with E-state index < -0.39 is 0 Å². The maximum absolute atomic E-state index is 11.2. The first-order valence-corrected chi connectivity index (χ1v) is 6.37. The van der Waals surface area contributed by atoms with Crippen molar-refractivity contribution in [1.29, 1.82) is 0 Å². The van der Waals surface area contributed by atoms with Gasteiger partial charge in [-0.05, 0) is 42.3 Å². The molecule has 4 nitrogen and oxygen atoms in total. The summed E-state index contributed by atoms with van der Waals surface area (Å²) in [5, 5.41) is 9.45. The Kier molecular flexibility index (Phi) is 4.60. The molecule has 104 valence electrons. The number of carbonyl (C=O) groups excluding carboxylic acids is 1. The van der Waals surface area contributed by atoms with Gasteiger partial charge in [0.15, 0.2) is 6.61 Å². The number of rotatable bonds is 5. The first-order chi connectivity index (χ1) is 9.69.